The van der Waals surface area contributed by atoms with Crippen molar-refractivity contribution in [3.63, 3.8) is 0 Å². The molecule has 0 atom stereocenters. The second-order valence-corrected chi connectivity index (χ2v) is 4.65. The minimum absolute atomic E-state index is 0.466. The summed E-state index contributed by atoms with van der Waals surface area (Å²) in [5.41, 5.74) is 2.35. The van der Waals surface area contributed by atoms with E-state index in [1.807, 2.05) is 17.8 Å². The molecule has 14 heavy (non-hydrogen) atoms. The van der Waals surface area contributed by atoms with Crippen LogP contribution in [0.1, 0.15) is 25.5 Å². The number of para-hydroxylation sites is 1. The van der Waals surface area contributed by atoms with E-state index >= 15 is 0 Å². The predicted molar refractivity (Wildman–Crippen MR) is 62.5 cm³/mol. The van der Waals surface area contributed by atoms with Gasteiger partial charge in [-0.3, -0.25) is 4.68 Å². The van der Waals surface area contributed by atoms with Crippen LogP contribution in [-0.2, 0) is 7.05 Å². The first-order valence-electron chi connectivity index (χ1n) is 4.72. The molecule has 2 nitrogen and oxygen atoms in total. The van der Waals surface area contributed by atoms with Crippen LogP contribution in [0.25, 0.3) is 10.9 Å². The van der Waals surface area contributed by atoms with Gasteiger partial charge in [-0.2, -0.15) is 5.10 Å². The van der Waals surface area contributed by atoms with Gasteiger partial charge in [0.1, 0.15) is 0 Å². The second kappa shape index (κ2) is 3.39. The highest BCUT2D eigenvalue weighted by molar-refractivity contribution is 9.10. The molecule has 0 aliphatic carbocycles. The highest BCUT2D eigenvalue weighted by Crippen LogP contribution is 2.29. The highest BCUT2D eigenvalue weighted by atomic mass is 79.9. The van der Waals surface area contributed by atoms with Gasteiger partial charge in [-0.1, -0.05) is 26.0 Å². The molecule has 1 heterocycles. The Labute approximate surface area is 92.0 Å². The van der Waals surface area contributed by atoms with Gasteiger partial charge in [-0.05, 0) is 27.9 Å². The first kappa shape index (κ1) is 9.71. The van der Waals surface area contributed by atoms with Crippen molar-refractivity contribution < 1.29 is 0 Å². The first-order valence-corrected chi connectivity index (χ1v) is 5.51. The van der Waals surface area contributed by atoms with Crippen LogP contribution >= 0.6 is 15.9 Å². The molecule has 0 bridgehead atoms. The SMILES string of the molecule is CC(C)c1nn(C)c2c(Br)cccc12. The number of aryl methyl sites for hydroxylation is 1. The zero-order valence-corrected chi connectivity index (χ0v) is 10.2. The third kappa shape index (κ3) is 1.36. The molecule has 0 spiro atoms. The van der Waals surface area contributed by atoms with E-state index in [4.69, 9.17) is 0 Å². The van der Waals surface area contributed by atoms with Gasteiger partial charge >= 0.3 is 0 Å². The Bertz CT molecular complexity index is 471. The van der Waals surface area contributed by atoms with Crippen molar-refractivity contribution in [2.45, 2.75) is 19.8 Å². The fraction of sp³-hybridized carbons (Fsp3) is 0.364. The molecule has 0 fully saturated rings. The van der Waals surface area contributed by atoms with Crippen molar-refractivity contribution in [3.8, 4) is 0 Å². The van der Waals surface area contributed by atoms with Crippen LogP contribution in [0.2, 0.25) is 0 Å². The molecule has 0 amide bonds. The van der Waals surface area contributed by atoms with Crippen molar-refractivity contribution >= 4 is 26.8 Å². The summed E-state index contributed by atoms with van der Waals surface area (Å²) in [7, 11) is 1.99. The van der Waals surface area contributed by atoms with E-state index in [9.17, 15) is 0 Å². The molecule has 74 valence electrons. The summed E-state index contributed by atoms with van der Waals surface area (Å²) in [5.74, 6) is 0.466. The van der Waals surface area contributed by atoms with E-state index in [2.05, 4.69) is 47.0 Å². The molecule has 0 radical (unpaired) electrons. The zero-order valence-electron chi connectivity index (χ0n) is 8.58. The van der Waals surface area contributed by atoms with Gasteiger partial charge in [0.25, 0.3) is 0 Å². The van der Waals surface area contributed by atoms with Gasteiger partial charge < -0.3 is 0 Å². The fourth-order valence-corrected chi connectivity index (χ4v) is 2.37. The lowest BCUT2D eigenvalue weighted by molar-refractivity contribution is 0.728. The molecule has 0 N–H and O–H groups in total. The minimum Gasteiger partial charge on any atom is -0.266 e. The number of benzene rings is 1. The Kier molecular flexibility index (Phi) is 2.35. The number of fused-ring (bicyclic) bond motifs is 1. The van der Waals surface area contributed by atoms with E-state index in [-0.39, 0.29) is 0 Å². The third-order valence-corrected chi connectivity index (χ3v) is 3.03. The van der Waals surface area contributed by atoms with Crippen LogP contribution in [-0.4, -0.2) is 9.78 Å². The zero-order chi connectivity index (χ0) is 10.3. The summed E-state index contributed by atoms with van der Waals surface area (Å²) in [4.78, 5) is 0. The summed E-state index contributed by atoms with van der Waals surface area (Å²) in [5, 5.41) is 5.78. The predicted octanol–water partition coefficient (Wildman–Crippen LogP) is 3.46. The number of halogens is 1. The summed E-state index contributed by atoms with van der Waals surface area (Å²) in [6.45, 7) is 4.34. The van der Waals surface area contributed by atoms with Crippen LogP contribution in [0.5, 0.6) is 0 Å². The van der Waals surface area contributed by atoms with Crippen LogP contribution in [0.15, 0.2) is 22.7 Å². The monoisotopic (exact) mass is 252 g/mol. The molecule has 2 aromatic rings. The van der Waals surface area contributed by atoms with Crippen molar-refractivity contribution in [1.82, 2.24) is 9.78 Å². The molecular formula is C11H13BrN2. The lowest BCUT2D eigenvalue weighted by Gasteiger charge is -1.99. The van der Waals surface area contributed by atoms with Crippen LogP contribution in [0.4, 0.5) is 0 Å². The second-order valence-electron chi connectivity index (χ2n) is 3.80. The van der Waals surface area contributed by atoms with E-state index < -0.39 is 0 Å². The molecule has 0 saturated heterocycles. The molecule has 0 aliphatic rings. The van der Waals surface area contributed by atoms with Crippen molar-refractivity contribution in [2.75, 3.05) is 0 Å². The number of nitrogens with zero attached hydrogens (tertiary/aromatic N) is 2. The van der Waals surface area contributed by atoms with Crippen molar-refractivity contribution in [3.05, 3.63) is 28.4 Å². The van der Waals surface area contributed by atoms with Gasteiger partial charge in [0.15, 0.2) is 0 Å². The molecule has 0 saturated carbocycles. The first-order chi connectivity index (χ1) is 6.61. The third-order valence-electron chi connectivity index (χ3n) is 2.39. The molecule has 0 unspecified atom stereocenters. The smallest absolute Gasteiger partial charge is 0.0824 e. The number of hydrogen-bond donors (Lipinski definition) is 0. The Hall–Kier alpha value is -0.830. The normalized spacial score (nSPS) is 11.5. The van der Waals surface area contributed by atoms with Crippen molar-refractivity contribution in [1.29, 1.82) is 0 Å². The number of hydrogen-bond acceptors (Lipinski definition) is 1. The van der Waals surface area contributed by atoms with E-state index in [0.29, 0.717) is 5.92 Å². The molecule has 2 rings (SSSR count). The van der Waals surface area contributed by atoms with E-state index in [1.54, 1.807) is 0 Å². The topological polar surface area (TPSA) is 17.8 Å². The van der Waals surface area contributed by atoms with Gasteiger partial charge in [-0.25, -0.2) is 0 Å². The minimum atomic E-state index is 0.466. The molecule has 3 heteroatoms. The maximum Gasteiger partial charge on any atom is 0.0824 e. The Morgan fingerprint density at radius 1 is 1.36 bits per heavy atom. The number of aromatic nitrogens is 2. The van der Waals surface area contributed by atoms with Gasteiger partial charge in [0, 0.05) is 16.9 Å². The van der Waals surface area contributed by atoms with E-state index in [0.717, 1.165) is 4.47 Å². The highest BCUT2D eigenvalue weighted by Gasteiger charge is 2.12. The maximum absolute atomic E-state index is 4.54. The standard InChI is InChI=1S/C11H13BrN2/c1-7(2)10-8-5-4-6-9(12)11(8)14(3)13-10/h4-7H,1-3H3. The lowest BCUT2D eigenvalue weighted by Crippen LogP contribution is -1.93. The van der Waals surface area contributed by atoms with Gasteiger partial charge in [-0.15, -0.1) is 0 Å². The summed E-state index contributed by atoms with van der Waals surface area (Å²) >= 11 is 3.55. The molecular weight excluding hydrogens is 240 g/mol. The Balaban J connectivity index is 2.84. The largest absolute Gasteiger partial charge is 0.266 e. The Morgan fingerprint density at radius 3 is 2.71 bits per heavy atom. The maximum atomic E-state index is 4.54. The van der Waals surface area contributed by atoms with Crippen LogP contribution < -0.4 is 0 Å². The molecule has 0 aliphatic heterocycles. The average molecular weight is 253 g/mol. The summed E-state index contributed by atoms with van der Waals surface area (Å²) < 4.78 is 3.05. The molecule has 1 aromatic carbocycles. The summed E-state index contributed by atoms with van der Waals surface area (Å²) in [6, 6.07) is 6.23. The average Bonchev–Trinajstić information content (AvgIpc) is 2.45. The number of rotatable bonds is 1. The lowest BCUT2D eigenvalue weighted by atomic mass is 10.1. The van der Waals surface area contributed by atoms with Crippen LogP contribution in [0, 0.1) is 0 Å². The van der Waals surface area contributed by atoms with Gasteiger partial charge in [0.2, 0.25) is 0 Å². The van der Waals surface area contributed by atoms with E-state index in [1.165, 1.54) is 16.6 Å². The summed E-state index contributed by atoms with van der Waals surface area (Å²) in [6.07, 6.45) is 0. The molecule has 1 aromatic heterocycles. The van der Waals surface area contributed by atoms with Crippen LogP contribution in [0.3, 0.4) is 0 Å². The Morgan fingerprint density at radius 2 is 2.07 bits per heavy atom. The fourth-order valence-electron chi connectivity index (χ4n) is 1.74. The van der Waals surface area contributed by atoms with Crippen molar-refractivity contribution in [2.24, 2.45) is 7.05 Å². The van der Waals surface area contributed by atoms with Gasteiger partial charge in [0.05, 0.1) is 11.2 Å². The quantitative estimate of drug-likeness (QED) is 0.761.